The molecule has 2 heterocycles. The number of carbonyl (C=O) groups excluding carboxylic acids is 1. The molecule has 0 aliphatic heterocycles. The minimum Gasteiger partial charge on any atom is -0.479 e. The number of ether oxygens (including phenoxy) is 1. The van der Waals surface area contributed by atoms with E-state index in [-0.39, 0.29) is 18.9 Å². The van der Waals surface area contributed by atoms with E-state index in [4.69, 9.17) is 14.4 Å². The standard InChI is InChI=1S/C14H16N4O5/c1-14(22-2,13(20)21)12(19)16-8-6-10-17-11(23-18-10)9-5-3-4-7-15-9/h3-5,7H,6,8H2,1-2H3,(H,16,19)(H,20,21). The Balaban J connectivity index is 1.91. The van der Waals surface area contributed by atoms with E-state index in [1.165, 1.54) is 6.92 Å². The summed E-state index contributed by atoms with van der Waals surface area (Å²) in [6.45, 7) is 1.32. The van der Waals surface area contributed by atoms with Gasteiger partial charge >= 0.3 is 5.97 Å². The highest BCUT2D eigenvalue weighted by molar-refractivity contribution is 6.04. The molecule has 2 aromatic heterocycles. The molecule has 1 amide bonds. The number of nitrogens with zero attached hydrogens (tertiary/aromatic N) is 3. The van der Waals surface area contributed by atoms with Crippen molar-refractivity contribution in [3.05, 3.63) is 30.2 Å². The van der Waals surface area contributed by atoms with E-state index in [9.17, 15) is 9.59 Å². The zero-order valence-corrected chi connectivity index (χ0v) is 12.6. The van der Waals surface area contributed by atoms with Crippen molar-refractivity contribution in [2.45, 2.75) is 18.9 Å². The van der Waals surface area contributed by atoms with Gasteiger partial charge in [0.2, 0.25) is 5.60 Å². The van der Waals surface area contributed by atoms with Gasteiger partial charge in [-0.3, -0.25) is 9.78 Å². The van der Waals surface area contributed by atoms with Crippen LogP contribution in [0.2, 0.25) is 0 Å². The van der Waals surface area contributed by atoms with Crippen molar-refractivity contribution in [3.63, 3.8) is 0 Å². The van der Waals surface area contributed by atoms with Gasteiger partial charge in [0.1, 0.15) is 5.69 Å². The number of pyridine rings is 1. The number of methoxy groups -OCH3 is 1. The first kappa shape index (κ1) is 16.6. The summed E-state index contributed by atoms with van der Waals surface area (Å²) in [6.07, 6.45) is 1.89. The SMILES string of the molecule is COC(C)(C(=O)O)C(=O)NCCc1noc(-c2ccccn2)n1. The molecule has 0 radical (unpaired) electrons. The van der Waals surface area contributed by atoms with Crippen LogP contribution in [0.5, 0.6) is 0 Å². The van der Waals surface area contributed by atoms with E-state index in [2.05, 4.69) is 20.4 Å². The normalized spacial score (nSPS) is 13.3. The van der Waals surface area contributed by atoms with Crippen LogP contribution in [0, 0.1) is 0 Å². The maximum Gasteiger partial charge on any atom is 0.345 e. The average Bonchev–Trinajstić information content (AvgIpc) is 3.03. The first-order valence-corrected chi connectivity index (χ1v) is 6.78. The van der Waals surface area contributed by atoms with Crippen molar-refractivity contribution in [3.8, 4) is 11.6 Å². The van der Waals surface area contributed by atoms with Gasteiger partial charge in [-0.2, -0.15) is 4.98 Å². The van der Waals surface area contributed by atoms with Crippen molar-refractivity contribution in [2.75, 3.05) is 13.7 Å². The minimum atomic E-state index is -1.93. The Bertz CT molecular complexity index is 687. The van der Waals surface area contributed by atoms with Gasteiger partial charge in [-0.25, -0.2) is 4.79 Å². The highest BCUT2D eigenvalue weighted by atomic mass is 16.5. The molecule has 0 aliphatic carbocycles. The second-order valence-electron chi connectivity index (χ2n) is 4.78. The second kappa shape index (κ2) is 6.97. The highest BCUT2D eigenvalue weighted by Crippen LogP contribution is 2.13. The summed E-state index contributed by atoms with van der Waals surface area (Å²) in [5, 5.41) is 15.3. The van der Waals surface area contributed by atoms with Gasteiger partial charge < -0.3 is 19.7 Å². The average molecular weight is 320 g/mol. The molecule has 2 rings (SSSR count). The summed E-state index contributed by atoms with van der Waals surface area (Å²) < 4.78 is 9.84. The summed E-state index contributed by atoms with van der Waals surface area (Å²) >= 11 is 0. The minimum absolute atomic E-state index is 0.145. The molecule has 0 spiro atoms. The Labute approximate surface area is 131 Å². The Morgan fingerprint density at radius 2 is 2.22 bits per heavy atom. The molecule has 0 aromatic carbocycles. The van der Waals surface area contributed by atoms with E-state index in [1.807, 2.05) is 0 Å². The zero-order chi connectivity index (χ0) is 16.9. The predicted molar refractivity (Wildman–Crippen MR) is 77.3 cm³/mol. The first-order valence-electron chi connectivity index (χ1n) is 6.78. The van der Waals surface area contributed by atoms with E-state index < -0.39 is 17.5 Å². The van der Waals surface area contributed by atoms with Crippen molar-refractivity contribution < 1.29 is 24.0 Å². The van der Waals surface area contributed by atoms with E-state index >= 15 is 0 Å². The van der Waals surface area contributed by atoms with Crippen LogP contribution in [0.4, 0.5) is 0 Å². The maximum atomic E-state index is 11.9. The van der Waals surface area contributed by atoms with E-state index in [0.29, 0.717) is 11.5 Å². The molecule has 23 heavy (non-hydrogen) atoms. The number of carboxylic acids is 1. The lowest BCUT2D eigenvalue weighted by atomic mass is 10.1. The molecular formula is C14H16N4O5. The Kier molecular flexibility index (Phi) is 5.02. The smallest absolute Gasteiger partial charge is 0.345 e. The predicted octanol–water partition coefficient (Wildman–Crippen LogP) is 0.280. The maximum absolute atomic E-state index is 11.9. The molecule has 9 heteroatoms. The van der Waals surface area contributed by atoms with Gasteiger partial charge in [0, 0.05) is 26.3 Å². The molecular weight excluding hydrogens is 304 g/mol. The first-order chi connectivity index (χ1) is 11.0. The summed E-state index contributed by atoms with van der Waals surface area (Å²) in [7, 11) is 1.16. The van der Waals surface area contributed by atoms with Crippen LogP contribution in [0.3, 0.4) is 0 Å². The third kappa shape index (κ3) is 3.69. The van der Waals surface area contributed by atoms with Gasteiger partial charge in [0.05, 0.1) is 0 Å². The second-order valence-corrected chi connectivity index (χ2v) is 4.78. The Morgan fingerprint density at radius 1 is 1.43 bits per heavy atom. The van der Waals surface area contributed by atoms with Crippen LogP contribution in [0.1, 0.15) is 12.7 Å². The van der Waals surface area contributed by atoms with Crippen molar-refractivity contribution in [1.29, 1.82) is 0 Å². The third-order valence-corrected chi connectivity index (χ3v) is 3.24. The number of hydrogen-bond donors (Lipinski definition) is 2. The van der Waals surface area contributed by atoms with Crippen LogP contribution in [0.15, 0.2) is 28.9 Å². The lowest BCUT2D eigenvalue weighted by molar-refractivity contribution is -0.167. The molecule has 122 valence electrons. The number of aromatic nitrogens is 3. The Morgan fingerprint density at radius 3 is 2.83 bits per heavy atom. The lowest BCUT2D eigenvalue weighted by Gasteiger charge is -2.21. The number of hydrogen-bond acceptors (Lipinski definition) is 7. The van der Waals surface area contributed by atoms with E-state index in [1.54, 1.807) is 24.4 Å². The lowest BCUT2D eigenvalue weighted by Crippen LogP contribution is -2.52. The van der Waals surface area contributed by atoms with Gasteiger partial charge in [-0.15, -0.1) is 0 Å². The van der Waals surface area contributed by atoms with Crippen LogP contribution in [0.25, 0.3) is 11.6 Å². The molecule has 0 bridgehead atoms. The number of carboxylic acid groups (broad SMARTS) is 1. The van der Waals surface area contributed by atoms with Gasteiger partial charge in [-0.05, 0) is 19.1 Å². The molecule has 0 fully saturated rings. The van der Waals surface area contributed by atoms with Crippen molar-refractivity contribution >= 4 is 11.9 Å². The molecule has 0 saturated heterocycles. The van der Waals surface area contributed by atoms with Gasteiger partial charge in [-0.1, -0.05) is 11.2 Å². The number of amides is 1. The summed E-state index contributed by atoms with van der Waals surface area (Å²) in [5.74, 6) is -1.46. The number of carbonyl (C=O) groups is 2. The van der Waals surface area contributed by atoms with Gasteiger partial charge in [0.25, 0.3) is 11.8 Å². The quantitative estimate of drug-likeness (QED) is 0.696. The topological polar surface area (TPSA) is 127 Å². The fourth-order valence-electron chi connectivity index (χ4n) is 1.68. The van der Waals surface area contributed by atoms with Crippen LogP contribution >= 0.6 is 0 Å². The Hall–Kier alpha value is -2.81. The largest absolute Gasteiger partial charge is 0.479 e. The molecule has 2 aromatic rings. The van der Waals surface area contributed by atoms with Crippen LogP contribution < -0.4 is 5.32 Å². The molecule has 2 N–H and O–H groups in total. The van der Waals surface area contributed by atoms with Gasteiger partial charge in [0.15, 0.2) is 5.82 Å². The van der Waals surface area contributed by atoms with Crippen molar-refractivity contribution in [2.24, 2.45) is 0 Å². The highest BCUT2D eigenvalue weighted by Gasteiger charge is 2.41. The summed E-state index contributed by atoms with van der Waals surface area (Å²) in [4.78, 5) is 31.2. The fourth-order valence-corrected chi connectivity index (χ4v) is 1.68. The molecule has 0 aliphatic rings. The molecule has 1 atom stereocenters. The summed E-state index contributed by atoms with van der Waals surface area (Å²) in [5.41, 5.74) is -1.38. The number of aliphatic carboxylic acids is 1. The monoisotopic (exact) mass is 320 g/mol. The molecule has 1 unspecified atom stereocenters. The summed E-state index contributed by atoms with van der Waals surface area (Å²) in [6, 6.07) is 5.30. The van der Waals surface area contributed by atoms with E-state index in [0.717, 1.165) is 7.11 Å². The molecule has 9 nitrogen and oxygen atoms in total. The van der Waals surface area contributed by atoms with Crippen LogP contribution in [-0.4, -0.2) is 51.4 Å². The fraction of sp³-hybridized carbons (Fsp3) is 0.357. The zero-order valence-electron chi connectivity index (χ0n) is 12.6. The number of rotatable bonds is 7. The number of nitrogens with one attached hydrogen (secondary N) is 1. The third-order valence-electron chi connectivity index (χ3n) is 3.24. The van der Waals surface area contributed by atoms with Crippen molar-refractivity contribution in [1.82, 2.24) is 20.4 Å². The molecule has 0 saturated carbocycles. The van der Waals surface area contributed by atoms with Crippen LogP contribution in [-0.2, 0) is 20.7 Å².